The number of unbranched alkanes of at least 4 members (excludes halogenated alkanes) is 1. The van der Waals surface area contributed by atoms with Crippen LogP contribution in [0.25, 0.3) is 11.0 Å². The molecular formula is C23H27N5O3. The van der Waals surface area contributed by atoms with Gasteiger partial charge in [0.2, 0.25) is 5.95 Å². The fourth-order valence-electron chi connectivity index (χ4n) is 3.08. The second-order valence-electron chi connectivity index (χ2n) is 6.99. The van der Waals surface area contributed by atoms with Crippen molar-refractivity contribution in [2.45, 2.75) is 32.7 Å². The van der Waals surface area contributed by atoms with Gasteiger partial charge in [0.1, 0.15) is 23.3 Å². The van der Waals surface area contributed by atoms with Gasteiger partial charge in [-0.15, -0.1) is 0 Å². The van der Waals surface area contributed by atoms with E-state index in [-0.39, 0.29) is 5.92 Å². The van der Waals surface area contributed by atoms with Crippen LogP contribution in [0.3, 0.4) is 0 Å². The third-order valence-corrected chi connectivity index (χ3v) is 4.82. The molecule has 1 atom stereocenters. The highest BCUT2D eigenvalue weighted by atomic mass is 16.5. The molecule has 1 unspecified atom stereocenters. The van der Waals surface area contributed by atoms with Crippen molar-refractivity contribution in [3.8, 4) is 11.5 Å². The summed E-state index contributed by atoms with van der Waals surface area (Å²) in [7, 11) is 3.23. The predicted molar refractivity (Wildman–Crippen MR) is 121 cm³/mol. The van der Waals surface area contributed by atoms with Crippen LogP contribution in [0.5, 0.6) is 11.5 Å². The summed E-state index contributed by atoms with van der Waals surface area (Å²) in [5, 5.41) is 3.23. The van der Waals surface area contributed by atoms with Crippen molar-refractivity contribution in [2.24, 2.45) is 10.9 Å². The van der Waals surface area contributed by atoms with Crippen LogP contribution in [-0.4, -0.2) is 41.7 Å². The van der Waals surface area contributed by atoms with E-state index in [0.29, 0.717) is 35.1 Å². The van der Waals surface area contributed by atoms with Crippen LogP contribution in [0.1, 0.15) is 31.7 Å². The van der Waals surface area contributed by atoms with E-state index in [1.807, 2.05) is 30.3 Å². The molecule has 0 fully saturated rings. The molecule has 1 N–H and O–H groups in total. The Morgan fingerprint density at radius 3 is 2.81 bits per heavy atom. The van der Waals surface area contributed by atoms with Crippen molar-refractivity contribution < 1.29 is 14.3 Å². The zero-order valence-electron chi connectivity index (χ0n) is 18.0. The average Bonchev–Trinajstić information content (AvgIpc) is 2.82. The summed E-state index contributed by atoms with van der Waals surface area (Å²) in [6.45, 7) is 2.55. The molecule has 1 aromatic carbocycles. The summed E-state index contributed by atoms with van der Waals surface area (Å²) in [6, 6.07) is 9.30. The topological polar surface area (TPSA) is 98.6 Å². The number of hydrogen-bond donors (Lipinski definition) is 1. The molecule has 3 aromatic rings. The number of aliphatic imine (C=N–C) groups is 1. The number of rotatable bonds is 11. The second kappa shape index (κ2) is 11.0. The van der Waals surface area contributed by atoms with Gasteiger partial charge in [-0.3, -0.25) is 4.98 Å². The van der Waals surface area contributed by atoms with E-state index in [1.54, 1.807) is 26.6 Å². The van der Waals surface area contributed by atoms with Crippen molar-refractivity contribution in [1.82, 2.24) is 15.0 Å². The molecule has 2 heterocycles. The molecule has 8 nitrogen and oxygen atoms in total. The second-order valence-corrected chi connectivity index (χ2v) is 6.99. The number of benzene rings is 1. The molecule has 8 heteroatoms. The van der Waals surface area contributed by atoms with Gasteiger partial charge in [-0.25, -0.2) is 9.98 Å². The smallest absolute Gasteiger partial charge is 0.225 e. The van der Waals surface area contributed by atoms with Crippen LogP contribution >= 0.6 is 0 Å². The number of anilines is 1. The van der Waals surface area contributed by atoms with Gasteiger partial charge < -0.3 is 19.6 Å². The number of ether oxygens (including phenoxy) is 2. The number of methoxy groups -OCH3 is 2. The molecule has 2 aromatic heterocycles. The van der Waals surface area contributed by atoms with Crippen LogP contribution < -0.4 is 14.8 Å². The minimum Gasteiger partial charge on any atom is -0.497 e. The highest BCUT2D eigenvalue weighted by Crippen LogP contribution is 2.26. The molecule has 0 aliphatic rings. The Bertz CT molecular complexity index is 1050. The van der Waals surface area contributed by atoms with Crippen molar-refractivity contribution >= 4 is 35.3 Å². The molecule has 162 valence electrons. The van der Waals surface area contributed by atoms with E-state index in [4.69, 9.17) is 9.47 Å². The molecule has 0 bridgehead atoms. The molecule has 0 spiro atoms. The van der Waals surface area contributed by atoms with Crippen LogP contribution in [0.4, 0.5) is 11.8 Å². The quantitative estimate of drug-likeness (QED) is 0.363. The lowest BCUT2D eigenvalue weighted by Crippen LogP contribution is -2.06. The molecule has 3 rings (SSSR count). The highest BCUT2D eigenvalue weighted by molar-refractivity contribution is 5.88. The van der Waals surface area contributed by atoms with Crippen molar-refractivity contribution in [3.05, 3.63) is 42.1 Å². The number of nitrogens with one attached hydrogen (secondary N) is 1. The number of pyridine rings is 1. The maximum absolute atomic E-state index is 11.4. The minimum atomic E-state index is -0.242. The Morgan fingerprint density at radius 2 is 2.06 bits per heavy atom. The number of aromatic nitrogens is 3. The molecule has 31 heavy (non-hydrogen) atoms. The van der Waals surface area contributed by atoms with Crippen LogP contribution in [0, 0.1) is 5.92 Å². The molecule has 0 aliphatic heterocycles. The van der Waals surface area contributed by atoms with Gasteiger partial charge in [0.25, 0.3) is 0 Å². The minimum absolute atomic E-state index is 0.242. The Morgan fingerprint density at radius 1 is 1.19 bits per heavy atom. The van der Waals surface area contributed by atoms with Gasteiger partial charge >= 0.3 is 0 Å². The maximum Gasteiger partial charge on any atom is 0.225 e. The Balaban J connectivity index is 1.86. The SMILES string of the molecule is CCCCC(C=O)C=Nc1nc(NCc2ccc(OC)cc2OC)nc2cccnc12. The fourth-order valence-corrected chi connectivity index (χ4v) is 3.08. The van der Waals surface area contributed by atoms with Crippen LogP contribution in [0.2, 0.25) is 0 Å². The molecule has 0 aliphatic carbocycles. The molecular weight excluding hydrogens is 394 g/mol. The molecule has 0 radical (unpaired) electrons. The highest BCUT2D eigenvalue weighted by Gasteiger charge is 2.11. The average molecular weight is 422 g/mol. The number of nitrogens with zero attached hydrogens (tertiary/aromatic N) is 4. The number of aldehydes is 1. The summed E-state index contributed by atoms with van der Waals surface area (Å²) in [4.78, 5) is 29.3. The van der Waals surface area contributed by atoms with Crippen molar-refractivity contribution in [3.63, 3.8) is 0 Å². The normalized spacial score (nSPS) is 12.1. The number of carbonyl (C=O) groups is 1. The lowest BCUT2D eigenvalue weighted by atomic mass is 10.1. The zero-order chi connectivity index (χ0) is 22.1. The Labute approximate surface area is 181 Å². The Kier molecular flexibility index (Phi) is 7.86. The predicted octanol–water partition coefficient (Wildman–Crippen LogP) is 4.36. The first kappa shape index (κ1) is 22.1. The lowest BCUT2D eigenvalue weighted by molar-refractivity contribution is -0.109. The monoisotopic (exact) mass is 421 g/mol. The van der Waals surface area contributed by atoms with Gasteiger partial charge in [-0.2, -0.15) is 4.98 Å². The molecule has 0 saturated heterocycles. The first-order chi connectivity index (χ1) is 15.2. The van der Waals surface area contributed by atoms with Crippen molar-refractivity contribution in [2.75, 3.05) is 19.5 Å². The zero-order valence-corrected chi connectivity index (χ0v) is 18.0. The largest absolute Gasteiger partial charge is 0.497 e. The third kappa shape index (κ3) is 5.75. The van der Waals surface area contributed by atoms with Crippen LogP contribution in [-0.2, 0) is 11.3 Å². The fraction of sp³-hybridized carbons (Fsp3) is 0.348. The van der Waals surface area contributed by atoms with E-state index < -0.39 is 0 Å². The Hall–Kier alpha value is -3.55. The first-order valence-electron chi connectivity index (χ1n) is 10.3. The van der Waals surface area contributed by atoms with E-state index in [9.17, 15) is 4.79 Å². The summed E-state index contributed by atoms with van der Waals surface area (Å²) in [6.07, 6.45) is 7.00. The number of hydrogen-bond acceptors (Lipinski definition) is 8. The standard InChI is InChI=1S/C23H27N5O3/c1-4-5-7-16(15-29)13-25-22-21-19(8-6-11-24-21)27-23(28-22)26-14-17-9-10-18(30-2)12-20(17)31-3/h6,8-13,15-16H,4-5,7,14H2,1-3H3,(H,26,27,28). The summed E-state index contributed by atoms with van der Waals surface area (Å²) in [5.41, 5.74) is 2.19. The number of carbonyl (C=O) groups excluding carboxylic acids is 1. The summed E-state index contributed by atoms with van der Waals surface area (Å²) < 4.78 is 10.7. The maximum atomic E-state index is 11.4. The van der Waals surface area contributed by atoms with E-state index in [0.717, 1.165) is 36.9 Å². The van der Waals surface area contributed by atoms with Crippen molar-refractivity contribution in [1.29, 1.82) is 0 Å². The first-order valence-corrected chi connectivity index (χ1v) is 10.3. The van der Waals surface area contributed by atoms with E-state index >= 15 is 0 Å². The lowest BCUT2D eigenvalue weighted by Gasteiger charge is -2.12. The van der Waals surface area contributed by atoms with Gasteiger partial charge in [0.05, 0.1) is 25.7 Å². The van der Waals surface area contributed by atoms with Gasteiger partial charge in [-0.1, -0.05) is 19.8 Å². The molecule has 0 amide bonds. The van der Waals surface area contributed by atoms with Crippen LogP contribution in [0.15, 0.2) is 41.5 Å². The number of fused-ring (bicyclic) bond motifs is 1. The van der Waals surface area contributed by atoms with E-state index in [1.165, 1.54) is 0 Å². The summed E-state index contributed by atoms with van der Waals surface area (Å²) >= 11 is 0. The van der Waals surface area contributed by atoms with Gasteiger partial charge in [0.15, 0.2) is 5.82 Å². The third-order valence-electron chi connectivity index (χ3n) is 4.82. The van der Waals surface area contributed by atoms with E-state index in [2.05, 4.69) is 32.2 Å². The molecule has 0 saturated carbocycles. The van der Waals surface area contributed by atoms with Gasteiger partial charge in [-0.05, 0) is 30.7 Å². The summed E-state index contributed by atoms with van der Waals surface area (Å²) in [5.74, 6) is 2.03. The van der Waals surface area contributed by atoms with Gasteiger partial charge in [0, 0.05) is 30.6 Å².